The van der Waals surface area contributed by atoms with Gasteiger partial charge in [-0.15, -0.1) is 0 Å². The molecule has 0 saturated heterocycles. The third-order valence-electron chi connectivity index (χ3n) is 2.92. The molecule has 2 heterocycles. The summed E-state index contributed by atoms with van der Waals surface area (Å²) in [6.07, 6.45) is 3.62. The molecular formula is C13H18N4O. The Morgan fingerprint density at radius 1 is 1.33 bits per heavy atom. The van der Waals surface area contributed by atoms with E-state index >= 15 is 0 Å². The molecule has 0 saturated carbocycles. The van der Waals surface area contributed by atoms with Crippen LogP contribution < -0.4 is 10.2 Å². The van der Waals surface area contributed by atoms with Crippen molar-refractivity contribution in [3.05, 3.63) is 35.5 Å². The fourth-order valence-corrected chi connectivity index (χ4v) is 1.85. The first-order valence-electron chi connectivity index (χ1n) is 5.86. The van der Waals surface area contributed by atoms with Crippen LogP contribution in [-0.4, -0.2) is 24.2 Å². The average molecular weight is 246 g/mol. The summed E-state index contributed by atoms with van der Waals surface area (Å²) in [4.78, 5) is 6.20. The molecule has 0 aliphatic carbocycles. The summed E-state index contributed by atoms with van der Waals surface area (Å²) < 4.78 is 5.15. The quantitative estimate of drug-likeness (QED) is 0.897. The van der Waals surface area contributed by atoms with Crippen molar-refractivity contribution in [2.75, 3.05) is 24.3 Å². The van der Waals surface area contributed by atoms with E-state index in [-0.39, 0.29) is 0 Å². The predicted octanol–water partition coefficient (Wildman–Crippen LogP) is 2.36. The van der Waals surface area contributed by atoms with Crippen LogP contribution in [0.2, 0.25) is 0 Å². The molecule has 96 valence electrons. The number of rotatable bonds is 4. The number of nitrogens with zero attached hydrogens (tertiary/aromatic N) is 3. The maximum Gasteiger partial charge on any atom is 0.138 e. The molecule has 5 heteroatoms. The summed E-state index contributed by atoms with van der Waals surface area (Å²) in [5.74, 6) is 0.857. The van der Waals surface area contributed by atoms with Crippen molar-refractivity contribution in [1.82, 2.24) is 10.1 Å². The molecule has 0 spiro atoms. The van der Waals surface area contributed by atoms with E-state index in [1.165, 1.54) is 0 Å². The first-order valence-corrected chi connectivity index (χ1v) is 5.86. The number of anilines is 2. The van der Waals surface area contributed by atoms with Gasteiger partial charge in [0, 0.05) is 32.4 Å². The Kier molecular flexibility index (Phi) is 3.50. The first kappa shape index (κ1) is 12.4. The standard InChI is InChI=1S/C13H18N4O/c1-9-11(10(2)18-16-9)7-15-12-8-14-6-5-13(12)17(3)4/h5-6,8,15H,7H2,1-4H3. The molecule has 0 fully saturated rings. The monoisotopic (exact) mass is 246 g/mol. The van der Waals surface area contributed by atoms with Gasteiger partial charge >= 0.3 is 0 Å². The Balaban J connectivity index is 2.16. The second-order valence-corrected chi connectivity index (χ2v) is 4.44. The summed E-state index contributed by atoms with van der Waals surface area (Å²) in [6, 6.07) is 1.98. The third kappa shape index (κ3) is 2.45. The number of hydrogen-bond acceptors (Lipinski definition) is 5. The topological polar surface area (TPSA) is 54.2 Å². The zero-order valence-electron chi connectivity index (χ0n) is 11.2. The van der Waals surface area contributed by atoms with Crippen LogP contribution in [0.25, 0.3) is 0 Å². The lowest BCUT2D eigenvalue weighted by Gasteiger charge is -2.17. The van der Waals surface area contributed by atoms with Crippen LogP contribution in [0, 0.1) is 13.8 Å². The number of nitrogens with one attached hydrogen (secondary N) is 1. The highest BCUT2D eigenvalue weighted by atomic mass is 16.5. The van der Waals surface area contributed by atoms with Gasteiger partial charge in [-0.05, 0) is 19.9 Å². The van der Waals surface area contributed by atoms with E-state index in [1.54, 1.807) is 6.20 Å². The molecule has 0 atom stereocenters. The van der Waals surface area contributed by atoms with Gasteiger partial charge in [-0.2, -0.15) is 0 Å². The molecule has 0 bridgehead atoms. The lowest BCUT2D eigenvalue weighted by Crippen LogP contribution is -2.12. The maximum absolute atomic E-state index is 5.15. The van der Waals surface area contributed by atoms with Gasteiger partial charge in [-0.1, -0.05) is 5.16 Å². The second-order valence-electron chi connectivity index (χ2n) is 4.44. The molecule has 0 aliphatic rings. The first-order chi connectivity index (χ1) is 8.59. The number of aryl methyl sites for hydroxylation is 2. The van der Waals surface area contributed by atoms with Crippen molar-refractivity contribution in [3.8, 4) is 0 Å². The molecule has 18 heavy (non-hydrogen) atoms. The minimum Gasteiger partial charge on any atom is -0.378 e. The van der Waals surface area contributed by atoms with E-state index < -0.39 is 0 Å². The van der Waals surface area contributed by atoms with Crippen molar-refractivity contribution in [1.29, 1.82) is 0 Å². The van der Waals surface area contributed by atoms with Crippen LogP contribution >= 0.6 is 0 Å². The molecule has 2 aromatic rings. The molecule has 5 nitrogen and oxygen atoms in total. The molecule has 2 rings (SSSR count). The van der Waals surface area contributed by atoms with Gasteiger partial charge < -0.3 is 14.7 Å². The van der Waals surface area contributed by atoms with E-state index in [9.17, 15) is 0 Å². The van der Waals surface area contributed by atoms with Crippen molar-refractivity contribution in [3.63, 3.8) is 0 Å². The minimum atomic E-state index is 0.688. The van der Waals surface area contributed by atoms with Crippen LogP contribution in [0.5, 0.6) is 0 Å². The lowest BCUT2D eigenvalue weighted by atomic mass is 10.2. The Hall–Kier alpha value is -2.04. The zero-order chi connectivity index (χ0) is 13.1. The van der Waals surface area contributed by atoms with E-state index in [2.05, 4.69) is 20.4 Å². The maximum atomic E-state index is 5.15. The van der Waals surface area contributed by atoms with Gasteiger partial charge in [0.1, 0.15) is 5.76 Å². The summed E-state index contributed by atoms with van der Waals surface area (Å²) in [6.45, 7) is 4.56. The van der Waals surface area contributed by atoms with Crippen LogP contribution in [0.15, 0.2) is 23.0 Å². The van der Waals surface area contributed by atoms with E-state index in [1.807, 2.05) is 40.2 Å². The number of aromatic nitrogens is 2. The largest absolute Gasteiger partial charge is 0.378 e. The van der Waals surface area contributed by atoms with Crippen molar-refractivity contribution >= 4 is 11.4 Å². The fourth-order valence-electron chi connectivity index (χ4n) is 1.85. The van der Waals surface area contributed by atoms with Crippen LogP contribution in [-0.2, 0) is 6.54 Å². The van der Waals surface area contributed by atoms with Crippen molar-refractivity contribution in [2.24, 2.45) is 0 Å². The summed E-state index contributed by atoms with van der Waals surface area (Å²) >= 11 is 0. The highest BCUT2D eigenvalue weighted by molar-refractivity contribution is 5.68. The van der Waals surface area contributed by atoms with Gasteiger partial charge in [0.15, 0.2) is 0 Å². The van der Waals surface area contributed by atoms with Gasteiger partial charge in [0.05, 0.1) is 23.3 Å². The Bertz CT molecular complexity index is 514. The van der Waals surface area contributed by atoms with E-state index in [0.717, 1.165) is 28.4 Å². The summed E-state index contributed by atoms with van der Waals surface area (Å²) in [5, 5.41) is 7.32. The minimum absolute atomic E-state index is 0.688. The zero-order valence-corrected chi connectivity index (χ0v) is 11.2. The van der Waals surface area contributed by atoms with Crippen molar-refractivity contribution in [2.45, 2.75) is 20.4 Å². The molecule has 2 aromatic heterocycles. The lowest BCUT2D eigenvalue weighted by molar-refractivity contribution is 0.392. The van der Waals surface area contributed by atoms with Crippen LogP contribution in [0.1, 0.15) is 17.0 Å². The molecule has 0 aliphatic heterocycles. The van der Waals surface area contributed by atoms with Gasteiger partial charge in [0.2, 0.25) is 0 Å². The smallest absolute Gasteiger partial charge is 0.138 e. The SMILES string of the molecule is Cc1noc(C)c1CNc1cnccc1N(C)C. The molecule has 0 radical (unpaired) electrons. The van der Waals surface area contributed by atoms with Gasteiger partial charge in [-0.25, -0.2) is 0 Å². The van der Waals surface area contributed by atoms with Gasteiger partial charge in [0.25, 0.3) is 0 Å². The Morgan fingerprint density at radius 3 is 2.72 bits per heavy atom. The van der Waals surface area contributed by atoms with E-state index in [4.69, 9.17) is 4.52 Å². The van der Waals surface area contributed by atoms with E-state index in [0.29, 0.717) is 6.54 Å². The highest BCUT2D eigenvalue weighted by Gasteiger charge is 2.10. The van der Waals surface area contributed by atoms with Gasteiger partial charge in [-0.3, -0.25) is 4.98 Å². The molecule has 0 unspecified atom stereocenters. The summed E-state index contributed by atoms with van der Waals surface area (Å²) in [7, 11) is 4.02. The molecule has 0 aromatic carbocycles. The number of pyridine rings is 1. The van der Waals surface area contributed by atoms with Crippen LogP contribution in [0.3, 0.4) is 0 Å². The predicted molar refractivity (Wildman–Crippen MR) is 71.9 cm³/mol. The third-order valence-corrected chi connectivity index (χ3v) is 2.92. The Labute approximate surface area is 107 Å². The fraction of sp³-hybridized carbons (Fsp3) is 0.385. The molecule has 0 amide bonds. The number of hydrogen-bond donors (Lipinski definition) is 1. The highest BCUT2D eigenvalue weighted by Crippen LogP contribution is 2.23. The molecule has 1 N–H and O–H groups in total. The second kappa shape index (κ2) is 5.08. The van der Waals surface area contributed by atoms with Crippen molar-refractivity contribution < 1.29 is 4.52 Å². The van der Waals surface area contributed by atoms with Crippen LogP contribution in [0.4, 0.5) is 11.4 Å². The molecular weight excluding hydrogens is 228 g/mol. The average Bonchev–Trinajstić information content (AvgIpc) is 2.67. The Morgan fingerprint density at radius 2 is 2.11 bits per heavy atom. The summed E-state index contributed by atoms with van der Waals surface area (Å²) in [5.41, 5.74) is 4.14. The normalized spacial score (nSPS) is 10.4.